The second kappa shape index (κ2) is 45.1. The second-order valence-corrected chi connectivity index (χ2v) is 29.8. The number of nitrogens with one attached hydrogen (secondary N) is 16. The average molecular weight is 1640 g/mol. The number of hydrogen-bond donors (Lipinski definition) is 20. The molecule has 22 N–H and O–H groups in total. The molecular formula is C79H104ClN19O18. The van der Waals surface area contributed by atoms with Crippen LogP contribution in [0.2, 0.25) is 5.02 Å². The number of halogens is 1. The Morgan fingerprint density at radius 3 is 1.56 bits per heavy atom. The Hall–Kier alpha value is -12.3. The molecule has 5 aromatic carbocycles. The number of urea groups is 3. The van der Waals surface area contributed by atoms with Gasteiger partial charge < -0.3 is 95.9 Å². The summed E-state index contributed by atoms with van der Waals surface area (Å²) >= 11 is 6.23. The molecule has 38 heteroatoms. The Morgan fingerprint density at radius 1 is 0.538 bits per heavy atom. The van der Waals surface area contributed by atoms with Crippen LogP contribution in [0.3, 0.4) is 0 Å². The first kappa shape index (κ1) is 91.8. The molecule has 37 nitrogen and oxygen atoms in total. The zero-order chi connectivity index (χ0) is 85.6. The minimum Gasteiger partial charge on any atom is -0.394 e. The number of nitrogens with two attached hydrogens (primary N) is 2. The van der Waals surface area contributed by atoms with Gasteiger partial charge in [0.05, 0.1) is 13.0 Å². The quantitative estimate of drug-likeness (QED) is 0.0138. The molecule has 2 aliphatic heterocycles. The van der Waals surface area contributed by atoms with Crippen molar-refractivity contribution < 1.29 is 87.0 Å². The van der Waals surface area contributed by atoms with E-state index in [9.17, 15) is 77.4 Å². The number of aliphatic hydroxyl groups is 1. The normalized spacial score (nSPS) is 16.1. The second-order valence-electron chi connectivity index (χ2n) is 29.4. The molecule has 19 amide bonds. The number of nitrogens with zero attached hydrogens (tertiary/aromatic N) is 1. The molecule has 630 valence electrons. The Kier molecular flexibility index (Phi) is 35.4. The summed E-state index contributed by atoms with van der Waals surface area (Å²) in [6.45, 7) is 9.08. The van der Waals surface area contributed by atoms with Gasteiger partial charge in [0.25, 0.3) is 0 Å². The van der Waals surface area contributed by atoms with Gasteiger partial charge >= 0.3 is 18.1 Å². The Balaban J connectivity index is 1.21. The van der Waals surface area contributed by atoms with E-state index in [1.165, 1.54) is 84.9 Å². The highest BCUT2D eigenvalue weighted by molar-refractivity contribution is 6.30. The molecule has 2 fully saturated rings. The topological polar surface area (TPSA) is 561 Å². The highest BCUT2D eigenvalue weighted by Crippen LogP contribution is 2.23. The lowest BCUT2D eigenvalue weighted by Gasteiger charge is -2.31. The third-order valence-electron chi connectivity index (χ3n) is 19.1. The first-order chi connectivity index (χ1) is 55.6. The number of aliphatic hydroxyl groups excluding tert-OH is 1. The number of likely N-dealkylation sites (tertiary alicyclic amines) is 1. The maximum atomic E-state index is 15.4. The number of hydrogen-bond acceptors (Lipinski definition) is 19. The lowest BCUT2D eigenvalue weighted by atomic mass is 9.99. The number of hydroxylamine groups is 1. The number of carbonyl (C=O) groups excluding carboxylic acids is 16. The molecular weight excluding hydrogens is 1540 g/mol. The maximum absolute atomic E-state index is 15.4. The van der Waals surface area contributed by atoms with Gasteiger partial charge in [-0.2, -0.15) is 0 Å². The summed E-state index contributed by atoms with van der Waals surface area (Å²) in [5, 5.41) is 61.1. The molecule has 117 heavy (non-hydrogen) atoms. The highest BCUT2D eigenvalue weighted by Gasteiger charge is 2.41. The first-order valence-electron chi connectivity index (χ1n) is 38.4. The molecule has 7 rings (SSSR count). The first-order valence-corrected chi connectivity index (χ1v) is 38.7. The average Bonchev–Trinajstić information content (AvgIpc) is 1.81. The fourth-order valence-electron chi connectivity index (χ4n) is 13.0. The van der Waals surface area contributed by atoms with Gasteiger partial charge in [-0.1, -0.05) is 118 Å². The number of imide groups is 1. The number of rotatable bonds is 42. The Labute approximate surface area is 680 Å². The predicted octanol–water partition coefficient (Wildman–Crippen LogP) is -0.0445. The van der Waals surface area contributed by atoms with Gasteiger partial charge in [0.15, 0.2) is 0 Å². The van der Waals surface area contributed by atoms with E-state index in [0.717, 1.165) is 10.8 Å². The fourth-order valence-corrected chi connectivity index (χ4v) is 13.2. The molecule has 0 aromatic heterocycles. The van der Waals surface area contributed by atoms with E-state index in [-0.39, 0.29) is 80.4 Å². The van der Waals surface area contributed by atoms with Crippen molar-refractivity contribution in [1.82, 2.24) is 79.5 Å². The third kappa shape index (κ3) is 29.8. The minimum atomic E-state index is -2.01. The summed E-state index contributed by atoms with van der Waals surface area (Å²) in [6, 6.07) is 11.8. The van der Waals surface area contributed by atoms with E-state index >= 15 is 9.59 Å². The van der Waals surface area contributed by atoms with Crippen molar-refractivity contribution >= 4 is 129 Å². The van der Waals surface area contributed by atoms with Crippen LogP contribution in [-0.4, -0.2) is 209 Å². The predicted molar refractivity (Wildman–Crippen MR) is 429 cm³/mol. The summed E-state index contributed by atoms with van der Waals surface area (Å²) < 4.78 is 0. The molecule has 11 atom stereocenters. The molecule has 0 unspecified atom stereocenters. The summed E-state index contributed by atoms with van der Waals surface area (Å²) in [7, 11) is 0. The summed E-state index contributed by atoms with van der Waals surface area (Å²) in [5.41, 5.74) is 14.3. The molecule has 0 aliphatic carbocycles. The van der Waals surface area contributed by atoms with E-state index < -0.39 is 187 Å². The van der Waals surface area contributed by atoms with E-state index in [2.05, 4.69) is 74.4 Å². The van der Waals surface area contributed by atoms with Crippen LogP contribution in [-0.2, 0) is 88.0 Å². The van der Waals surface area contributed by atoms with E-state index in [1.54, 1.807) is 32.0 Å². The third-order valence-corrected chi connectivity index (χ3v) is 19.4. The maximum Gasteiger partial charge on any atom is 0.338 e. The molecule has 5 aromatic rings. The number of primary amides is 2. The largest absolute Gasteiger partial charge is 0.394 e. The molecule has 0 saturated carbocycles. The van der Waals surface area contributed by atoms with Crippen molar-refractivity contribution in [2.75, 3.05) is 36.9 Å². The lowest BCUT2D eigenvalue weighted by molar-refractivity contribution is -0.142. The van der Waals surface area contributed by atoms with Gasteiger partial charge in [0, 0.05) is 68.1 Å². The van der Waals surface area contributed by atoms with Crippen molar-refractivity contribution in [1.29, 1.82) is 0 Å². The summed E-state index contributed by atoms with van der Waals surface area (Å²) in [4.78, 5) is 221. The highest BCUT2D eigenvalue weighted by atomic mass is 35.5. The SMILES string of the molecule is CC(=O)N[C@H](Cc1ccc2ccccc2c1)C(=O)N[C@H](Cc1ccc(Cl)cc1)C(=O)N[C@H](CCNC(=O)NO)C(=O)N[C@@H](CO)C(=O)N[C@@H](Cc1ccc(NC(=O)[C@@H]2CC(=O)NC(=O)N2)cc1)C(=O)N[C@H](Cc1ccc(NC(N)=O)cc1)C(=O)N[C@@H](CC(C)C)C(=O)N[C@@H](CCCCNC(C)C)C(=O)N1CCC[C@H]1C(=O)N[C@H](C)C(N)=O. The smallest absolute Gasteiger partial charge is 0.338 e. The van der Waals surface area contributed by atoms with Crippen LogP contribution in [0, 0.1) is 5.92 Å². The van der Waals surface area contributed by atoms with Crippen molar-refractivity contribution in [2.24, 2.45) is 17.4 Å². The molecule has 0 radical (unpaired) electrons. The van der Waals surface area contributed by atoms with Crippen LogP contribution in [0.15, 0.2) is 115 Å². The Bertz CT molecular complexity index is 4370. The number of amides is 19. The van der Waals surface area contributed by atoms with Gasteiger partial charge in [-0.15, -0.1) is 0 Å². The molecule has 2 aliphatic rings. The zero-order valence-corrected chi connectivity index (χ0v) is 66.5. The number of benzene rings is 5. The van der Waals surface area contributed by atoms with E-state index in [1.807, 2.05) is 55.6 Å². The van der Waals surface area contributed by atoms with Crippen LogP contribution in [0.1, 0.15) is 115 Å². The van der Waals surface area contributed by atoms with Crippen molar-refractivity contribution in [3.8, 4) is 0 Å². The van der Waals surface area contributed by atoms with Crippen molar-refractivity contribution in [3.05, 3.63) is 143 Å². The molecule has 0 spiro atoms. The monoisotopic (exact) mass is 1640 g/mol. The number of anilines is 2. The molecule has 2 saturated heterocycles. The number of unbranched alkanes of at least 4 members (excludes halogenated alkanes) is 1. The summed E-state index contributed by atoms with van der Waals surface area (Å²) in [5.74, 6) is -11.6. The fraction of sp³-hybridized carbons (Fsp3) is 0.443. The van der Waals surface area contributed by atoms with Gasteiger partial charge in [0.2, 0.25) is 76.8 Å². The van der Waals surface area contributed by atoms with Gasteiger partial charge in [0.1, 0.15) is 66.5 Å². The van der Waals surface area contributed by atoms with E-state index in [4.69, 9.17) is 23.1 Å². The van der Waals surface area contributed by atoms with Crippen LogP contribution < -0.4 is 96.7 Å². The summed E-state index contributed by atoms with van der Waals surface area (Å²) in [6.07, 6.45) is -0.361. The minimum absolute atomic E-state index is 0.0400. The van der Waals surface area contributed by atoms with Crippen LogP contribution in [0.25, 0.3) is 10.8 Å². The van der Waals surface area contributed by atoms with Gasteiger partial charge in [-0.05, 0) is 134 Å². The zero-order valence-electron chi connectivity index (χ0n) is 65.7. The lowest BCUT2D eigenvalue weighted by Crippen LogP contribution is -2.62. The number of fused-ring (bicyclic) bond motifs is 1. The standard InChI is InChI=1S/C79H104ClN19O18/c1-42(2)34-57(69(106)90-56(14-9-10-31-83-43(3)4)76(113)99-33-11-15-64(99)75(112)85-44(5)66(81)103)91-72(109)60(37-48-21-28-54(29-22-48)88-77(82)114)93-73(110)61(38-47-19-26-53(27-20-47)87-68(105)62-40-65(102)97-79(116)96-62)94-74(111)63(41-100)95-67(104)55(30-32-84-78(115)98-117)89-71(108)59(36-46-17-24-52(80)25-18-46)92-70(107)58(86-45(6)101)39-49-16-23-50-12-7-8-13-51(50)35-49/h7-8,12-13,16-29,35,42-44,55-64,83,100,117H,9-11,14-15,30-34,36-41H2,1-6H3,(H2,81,103)(H,85,112)(H,86,101)(H,87,105)(H,89,108)(H,90,106)(H,91,109)(H,92,107)(H,93,110)(H,94,111)(H,95,104)(H3,82,88,114)(H2,84,98,115)(H2,96,97,102,116)/t44-,55-,56+,57+,58-,59-,60-,61+,62+,63+,64+/m1/s1. The van der Waals surface area contributed by atoms with Crippen LogP contribution in [0.4, 0.5) is 25.8 Å². The van der Waals surface area contributed by atoms with E-state index in [0.29, 0.717) is 47.5 Å². The van der Waals surface area contributed by atoms with Crippen LogP contribution in [0.5, 0.6) is 0 Å². The number of carbonyl (C=O) groups is 16. The Morgan fingerprint density at radius 2 is 1.03 bits per heavy atom. The molecule has 0 bridgehead atoms. The van der Waals surface area contributed by atoms with Crippen molar-refractivity contribution in [2.45, 2.75) is 191 Å². The van der Waals surface area contributed by atoms with Crippen LogP contribution >= 0.6 is 11.6 Å². The van der Waals surface area contributed by atoms with Crippen molar-refractivity contribution in [3.63, 3.8) is 0 Å². The molecule has 2 heterocycles. The van der Waals surface area contributed by atoms with Gasteiger partial charge in [-0.25, -0.2) is 19.9 Å². The van der Waals surface area contributed by atoms with Gasteiger partial charge in [-0.3, -0.25) is 72.9 Å².